The lowest BCUT2D eigenvalue weighted by Gasteiger charge is -2.17. The fraction of sp³-hybridized carbons (Fsp3) is 0.765. The Morgan fingerprint density at radius 2 is 1.57 bits per heavy atom. The number of nitrogens with zero attached hydrogens (tertiary/aromatic N) is 2. The second-order valence-corrected chi connectivity index (χ2v) is 8.09. The zero-order valence-electron chi connectivity index (χ0n) is 14.7. The Kier molecular flexibility index (Phi) is 7.67. The van der Waals surface area contributed by atoms with Gasteiger partial charge < -0.3 is 5.32 Å². The van der Waals surface area contributed by atoms with Gasteiger partial charge in [-0.3, -0.25) is 0 Å². The molecule has 0 spiro atoms. The summed E-state index contributed by atoms with van der Waals surface area (Å²) in [6, 6.07) is 0.543. The molecule has 0 aliphatic carbocycles. The van der Waals surface area contributed by atoms with Crippen LogP contribution in [0.25, 0.3) is 0 Å². The van der Waals surface area contributed by atoms with Crippen LogP contribution in [0.4, 0.5) is 0 Å². The van der Waals surface area contributed by atoms with Gasteiger partial charge in [-0.2, -0.15) is 11.8 Å². The molecule has 1 aromatic heterocycles. The molecule has 0 aliphatic heterocycles. The Hall–Kier alpha value is -0.610. The summed E-state index contributed by atoms with van der Waals surface area (Å²) in [5, 5.41) is 4.13. The minimum absolute atomic E-state index is 0.543. The number of aryl methyl sites for hydroxylation is 2. The van der Waals surface area contributed by atoms with E-state index in [4.69, 9.17) is 9.97 Å². The van der Waals surface area contributed by atoms with Gasteiger partial charge in [0.2, 0.25) is 0 Å². The Morgan fingerprint density at radius 3 is 2.05 bits per heavy atom. The van der Waals surface area contributed by atoms with Gasteiger partial charge >= 0.3 is 0 Å². The molecule has 0 saturated heterocycles. The van der Waals surface area contributed by atoms with Crippen LogP contribution in [-0.4, -0.2) is 27.8 Å². The van der Waals surface area contributed by atoms with E-state index in [1.165, 1.54) is 5.56 Å². The molecular formula is C17H31N3S. The quantitative estimate of drug-likeness (QED) is 0.790. The molecule has 0 bridgehead atoms. The first kappa shape index (κ1) is 18.4. The Morgan fingerprint density at radius 1 is 1.00 bits per heavy atom. The number of hydrogen-bond acceptors (Lipinski definition) is 4. The van der Waals surface area contributed by atoms with Crippen molar-refractivity contribution in [2.24, 2.45) is 5.92 Å². The maximum atomic E-state index is 4.70. The molecule has 1 aromatic rings. The molecule has 21 heavy (non-hydrogen) atoms. The van der Waals surface area contributed by atoms with E-state index in [9.17, 15) is 0 Å². The van der Waals surface area contributed by atoms with E-state index in [0.717, 1.165) is 35.9 Å². The molecule has 0 amide bonds. The first-order chi connectivity index (χ1) is 9.79. The smallest absolute Gasteiger partial charge is 0.138 e. The minimum Gasteiger partial charge on any atom is -0.314 e. The number of nitrogens with one attached hydrogen (secondary N) is 1. The van der Waals surface area contributed by atoms with Crippen molar-refractivity contribution in [1.29, 1.82) is 0 Å². The fourth-order valence-electron chi connectivity index (χ4n) is 2.27. The maximum absolute atomic E-state index is 4.70. The van der Waals surface area contributed by atoms with E-state index in [1.807, 2.05) is 11.8 Å². The van der Waals surface area contributed by atoms with Gasteiger partial charge in [0.05, 0.1) is 5.75 Å². The fourth-order valence-corrected chi connectivity index (χ4v) is 2.88. The first-order valence-corrected chi connectivity index (χ1v) is 9.02. The molecule has 1 unspecified atom stereocenters. The van der Waals surface area contributed by atoms with Crippen molar-refractivity contribution in [3.05, 3.63) is 22.8 Å². The second-order valence-electron chi connectivity index (χ2n) is 6.52. The maximum Gasteiger partial charge on any atom is 0.138 e. The van der Waals surface area contributed by atoms with Gasteiger partial charge in [0.1, 0.15) is 5.82 Å². The molecule has 4 heteroatoms. The topological polar surface area (TPSA) is 37.8 Å². The molecule has 0 aliphatic rings. The highest BCUT2D eigenvalue weighted by molar-refractivity contribution is 7.99. The van der Waals surface area contributed by atoms with Crippen LogP contribution in [0.15, 0.2) is 0 Å². The lowest BCUT2D eigenvalue weighted by atomic mass is 9.98. The Labute approximate surface area is 134 Å². The van der Waals surface area contributed by atoms with Crippen LogP contribution in [-0.2, 0) is 12.2 Å². The van der Waals surface area contributed by atoms with E-state index < -0.39 is 0 Å². The number of hydrogen-bond donors (Lipinski definition) is 1. The molecule has 1 heterocycles. The Balaban J connectivity index is 2.70. The zero-order chi connectivity index (χ0) is 16.0. The van der Waals surface area contributed by atoms with Gasteiger partial charge in [-0.05, 0) is 43.5 Å². The summed E-state index contributed by atoms with van der Waals surface area (Å²) in [6.07, 6.45) is 1.05. The van der Waals surface area contributed by atoms with Gasteiger partial charge in [0.15, 0.2) is 0 Å². The third-order valence-electron chi connectivity index (χ3n) is 3.44. The highest BCUT2D eigenvalue weighted by atomic mass is 32.2. The van der Waals surface area contributed by atoms with E-state index in [-0.39, 0.29) is 0 Å². The monoisotopic (exact) mass is 309 g/mol. The van der Waals surface area contributed by atoms with Crippen LogP contribution in [0.2, 0.25) is 0 Å². The van der Waals surface area contributed by atoms with Crippen molar-refractivity contribution in [1.82, 2.24) is 15.3 Å². The van der Waals surface area contributed by atoms with Crippen molar-refractivity contribution in [2.45, 2.75) is 71.9 Å². The average Bonchev–Trinajstić information content (AvgIpc) is 2.38. The van der Waals surface area contributed by atoms with Crippen molar-refractivity contribution in [2.75, 3.05) is 6.54 Å². The third-order valence-corrected chi connectivity index (χ3v) is 4.53. The largest absolute Gasteiger partial charge is 0.314 e. The zero-order valence-corrected chi connectivity index (χ0v) is 15.5. The number of thioether (sulfide) groups is 1. The summed E-state index contributed by atoms with van der Waals surface area (Å²) in [6.45, 7) is 16.4. The van der Waals surface area contributed by atoms with Crippen LogP contribution in [0.1, 0.15) is 57.4 Å². The molecule has 1 atom stereocenters. The third kappa shape index (κ3) is 6.79. The predicted octanol–water partition coefficient (Wildman–Crippen LogP) is 3.91. The molecule has 0 radical (unpaired) electrons. The molecule has 1 N–H and O–H groups in total. The van der Waals surface area contributed by atoms with Gasteiger partial charge in [0, 0.05) is 17.4 Å². The SMILES string of the molecule is Cc1nc(CSC(C)C)nc(C)c1CC(C)CNC(C)C. The average molecular weight is 310 g/mol. The molecule has 1 rings (SSSR count). The summed E-state index contributed by atoms with van der Waals surface area (Å²) in [5.74, 6) is 2.48. The van der Waals surface area contributed by atoms with Crippen LogP contribution >= 0.6 is 11.8 Å². The normalized spacial score (nSPS) is 13.2. The van der Waals surface area contributed by atoms with E-state index >= 15 is 0 Å². The molecular weight excluding hydrogens is 278 g/mol. The highest BCUT2D eigenvalue weighted by Gasteiger charge is 2.13. The lowest BCUT2D eigenvalue weighted by molar-refractivity contribution is 0.473. The van der Waals surface area contributed by atoms with Crippen LogP contribution < -0.4 is 5.32 Å². The van der Waals surface area contributed by atoms with Crippen molar-refractivity contribution in [3.63, 3.8) is 0 Å². The minimum atomic E-state index is 0.543. The summed E-state index contributed by atoms with van der Waals surface area (Å²) in [7, 11) is 0. The molecule has 0 aromatic carbocycles. The van der Waals surface area contributed by atoms with Gasteiger partial charge in [-0.25, -0.2) is 9.97 Å². The highest BCUT2D eigenvalue weighted by Crippen LogP contribution is 2.19. The van der Waals surface area contributed by atoms with Crippen LogP contribution in [0.5, 0.6) is 0 Å². The van der Waals surface area contributed by atoms with Crippen molar-refractivity contribution < 1.29 is 0 Å². The molecule has 3 nitrogen and oxygen atoms in total. The summed E-state index contributed by atoms with van der Waals surface area (Å²) in [4.78, 5) is 9.40. The van der Waals surface area contributed by atoms with Crippen molar-refractivity contribution >= 4 is 11.8 Å². The van der Waals surface area contributed by atoms with Crippen LogP contribution in [0, 0.1) is 19.8 Å². The van der Waals surface area contributed by atoms with Gasteiger partial charge in [-0.1, -0.05) is 34.6 Å². The molecule has 0 fully saturated rings. The first-order valence-electron chi connectivity index (χ1n) is 7.97. The predicted molar refractivity (Wildman–Crippen MR) is 93.9 cm³/mol. The van der Waals surface area contributed by atoms with E-state index in [1.54, 1.807) is 0 Å². The number of rotatable bonds is 8. The number of aromatic nitrogens is 2. The second kappa shape index (κ2) is 8.74. The molecule has 120 valence electrons. The van der Waals surface area contributed by atoms with E-state index in [2.05, 4.69) is 53.8 Å². The van der Waals surface area contributed by atoms with Crippen LogP contribution in [0.3, 0.4) is 0 Å². The molecule has 0 saturated carbocycles. The Bertz CT molecular complexity index is 421. The standard InChI is InChI=1S/C17H31N3S/c1-11(2)18-9-13(5)8-16-14(6)19-17(20-15(16)7)10-21-12(3)4/h11-13,18H,8-10H2,1-7H3. The summed E-state index contributed by atoms with van der Waals surface area (Å²) < 4.78 is 0. The summed E-state index contributed by atoms with van der Waals surface area (Å²) >= 11 is 1.90. The van der Waals surface area contributed by atoms with Gasteiger partial charge in [-0.15, -0.1) is 0 Å². The van der Waals surface area contributed by atoms with E-state index in [0.29, 0.717) is 17.2 Å². The lowest BCUT2D eigenvalue weighted by Crippen LogP contribution is -2.29. The summed E-state index contributed by atoms with van der Waals surface area (Å²) in [5.41, 5.74) is 3.63. The van der Waals surface area contributed by atoms with Crippen molar-refractivity contribution in [3.8, 4) is 0 Å². The van der Waals surface area contributed by atoms with Gasteiger partial charge in [0.25, 0.3) is 0 Å².